The second-order valence-corrected chi connectivity index (χ2v) is 9.00. The molecule has 3 aromatic carbocycles. The van der Waals surface area contributed by atoms with E-state index in [0.29, 0.717) is 18.7 Å². The Balaban J connectivity index is 1.57. The Morgan fingerprint density at radius 3 is 2.43 bits per heavy atom. The van der Waals surface area contributed by atoms with Crippen molar-refractivity contribution in [1.82, 2.24) is 4.90 Å². The number of carbonyl (C=O) groups excluding carboxylic acids is 2. The summed E-state index contributed by atoms with van der Waals surface area (Å²) in [5, 5.41) is 0. The number of carbonyl (C=O) groups is 2. The van der Waals surface area contributed by atoms with Crippen molar-refractivity contribution >= 4 is 29.3 Å². The molecule has 2 aliphatic rings. The van der Waals surface area contributed by atoms with Crippen LogP contribution < -0.4 is 4.90 Å². The first kappa shape index (κ1) is 18.9. The number of hydrogen-bond donors (Lipinski definition) is 0. The molecule has 1 spiro atoms. The molecule has 4 nitrogen and oxygen atoms in total. The fraction of sp³-hybridized carbons (Fsp3) is 0.200. The smallest absolute Gasteiger partial charge is 0.268 e. The van der Waals surface area contributed by atoms with Gasteiger partial charge in [0, 0.05) is 23.4 Å². The molecule has 0 N–H and O–H groups in total. The molecule has 0 radical (unpaired) electrons. The molecule has 0 unspecified atom stereocenters. The number of para-hydroxylation sites is 1. The molecule has 5 heteroatoms. The number of rotatable bonds is 3. The summed E-state index contributed by atoms with van der Waals surface area (Å²) in [6, 6.07) is 25.4. The molecule has 0 aliphatic carbocycles. The van der Waals surface area contributed by atoms with Crippen molar-refractivity contribution in [2.24, 2.45) is 0 Å². The lowest BCUT2D eigenvalue weighted by Gasteiger charge is -2.33. The van der Waals surface area contributed by atoms with Crippen LogP contribution in [0, 0.1) is 6.92 Å². The molecular weight excluding hydrogens is 392 g/mol. The Morgan fingerprint density at radius 1 is 0.967 bits per heavy atom. The third-order valence-corrected chi connectivity index (χ3v) is 7.25. The number of thioether (sulfide) groups is 1. The highest BCUT2D eigenvalue weighted by molar-refractivity contribution is 8.01. The quantitative estimate of drug-likeness (QED) is 0.630. The molecule has 30 heavy (non-hydrogen) atoms. The molecule has 150 valence electrons. The van der Waals surface area contributed by atoms with Gasteiger partial charge in [-0.15, -0.1) is 11.8 Å². The van der Waals surface area contributed by atoms with Crippen LogP contribution in [-0.2, 0) is 16.2 Å². The lowest BCUT2D eigenvalue weighted by atomic mass is 10.0. The van der Waals surface area contributed by atoms with Gasteiger partial charge in [0.15, 0.2) is 4.87 Å². The number of anilines is 1. The Labute approximate surface area is 180 Å². The highest BCUT2D eigenvalue weighted by Crippen LogP contribution is 2.54. The number of hydrogen-bond acceptors (Lipinski definition) is 3. The van der Waals surface area contributed by atoms with E-state index in [1.54, 1.807) is 16.7 Å². The summed E-state index contributed by atoms with van der Waals surface area (Å²) in [5.41, 5.74) is 4.68. The van der Waals surface area contributed by atoms with E-state index in [9.17, 15) is 9.59 Å². The van der Waals surface area contributed by atoms with Gasteiger partial charge in [-0.25, -0.2) is 0 Å². The summed E-state index contributed by atoms with van der Waals surface area (Å²) in [5.74, 6) is 0.605. The SMILES string of the molecule is Cc1ccc(CN2C(=O)[C@]3(SCCN3C(=O)c3ccccc3)c3ccccc32)cc1. The third kappa shape index (κ3) is 2.84. The molecule has 0 bridgehead atoms. The molecular formula is C25H22N2O2S. The van der Waals surface area contributed by atoms with Gasteiger partial charge in [0.2, 0.25) is 0 Å². The third-order valence-electron chi connectivity index (χ3n) is 5.83. The van der Waals surface area contributed by atoms with E-state index in [1.165, 1.54) is 5.56 Å². The van der Waals surface area contributed by atoms with Crippen molar-refractivity contribution in [3.05, 3.63) is 101 Å². The van der Waals surface area contributed by atoms with Gasteiger partial charge in [-0.3, -0.25) is 9.59 Å². The zero-order valence-corrected chi connectivity index (χ0v) is 17.6. The van der Waals surface area contributed by atoms with Crippen LogP contribution in [0.15, 0.2) is 78.9 Å². The van der Waals surface area contributed by atoms with E-state index in [4.69, 9.17) is 0 Å². The molecule has 3 aromatic rings. The standard InChI is InChI=1S/C25H22N2O2S/c1-18-11-13-19(14-12-18)17-26-22-10-6-5-9-21(22)25(24(26)29)27(15-16-30-25)23(28)20-7-3-2-4-8-20/h2-14H,15-17H2,1H3/t25-/m1/s1. The fourth-order valence-electron chi connectivity index (χ4n) is 4.34. The fourth-order valence-corrected chi connectivity index (χ4v) is 5.80. The van der Waals surface area contributed by atoms with Gasteiger partial charge in [-0.2, -0.15) is 0 Å². The van der Waals surface area contributed by atoms with Crippen LogP contribution in [0.1, 0.15) is 27.0 Å². The van der Waals surface area contributed by atoms with Crippen molar-refractivity contribution in [2.75, 3.05) is 17.2 Å². The van der Waals surface area contributed by atoms with Crippen LogP contribution in [0.2, 0.25) is 0 Å². The van der Waals surface area contributed by atoms with Crippen LogP contribution in [0.3, 0.4) is 0 Å². The van der Waals surface area contributed by atoms with Gasteiger partial charge in [-0.05, 0) is 30.7 Å². The lowest BCUT2D eigenvalue weighted by molar-refractivity contribution is -0.123. The summed E-state index contributed by atoms with van der Waals surface area (Å²) in [6.45, 7) is 3.10. The van der Waals surface area contributed by atoms with Crippen molar-refractivity contribution in [3.63, 3.8) is 0 Å². The molecule has 2 heterocycles. The second-order valence-electron chi connectivity index (χ2n) is 7.71. The summed E-state index contributed by atoms with van der Waals surface area (Å²) >= 11 is 1.56. The molecule has 0 saturated carbocycles. The van der Waals surface area contributed by atoms with Crippen molar-refractivity contribution in [1.29, 1.82) is 0 Å². The Hall–Kier alpha value is -3.05. The molecule has 1 fully saturated rings. The highest BCUT2D eigenvalue weighted by Gasteiger charge is 2.59. The molecule has 1 atom stereocenters. The van der Waals surface area contributed by atoms with E-state index < -0.39 is 4.87 Å². The Kier molecular flexibility index (Phi) is 4.63. The average molecular weight is 415 g/mol. The van der Waals surface area contributed by atoms with Crippen LogP contribution in [0.25, 0.3) is 0 Å². The number of nitrogens with zero attached hydrogens (tertiary/aromatic N) is 2. The van der Waals surface area contributed by atoms with Crippen LogP contribution in [-0.4, -0.2) is 29.0 Å². The Bertz CT molecular complexity index is 1110. The predicted octanol–water partition coefficient (Wildman–Crippen LogP) is 4.58. The average Bonchev–Trinajstić information content (AvgIpc) is 3.33. The second kappa shape index (κ2) is 7.33. The first-order valence-corrected chi connectivity index (χ1v) is 11.1. The van der Waals surface area contributed by atoms with Crippen LogP contribution in [0.5, 0.6) is 0 Å². The Morgan fingerprint density at radius 2 is 1.67 bits per heavy atom. The minimum absolute atomic E-state index is 0.0314. The maximum Gasteiger partial charge on any atom is 0.268 e. The maximum atomic E-state index is 13.9. The lowest BCUT2D eigenvalue weighted by Crippen LogP contribution is -2.50. The number of aryl methyl sites for hydroxylation is 1. The molecule has 2 amide bonds. The summed E-state index contributed by atoms with van der Waals surface area (Å²) < 4.78 is 0. The number of fused-ring (bicyclic) bond motifs is 2. The predicted molar refractivity (Wildman–Crippen MR) is 120 cm³/mol. The van der Waals surface area contributed by atoms with Gasteiger partial charge in [0.25, 0.3) is 11.8 Å². The number of amides is 2. The van der Waals surface area contributed by atoms with Gasteiger partial charge >= 0.3 is 0 Å². The molecule has 1 saturated heterocycles. The van der Waals surface area contributed by atoms with E-state index in [2.05, 4.69) is 31.2 Å². The van der Waals surface area contributed by atoms with E-state index in [0.717, 1.165) is 22.6 Å². The van der Waals surface area contributed by atoms with E-state index >= 15 is 0 Å². The van der Waals surface area contributed by atoms with Gasteiger partial charge in [0.05, 0.1) is 12.2 Å². The van der Waals surface area contributed by atoms with Gasteiger partial charge < -0.3 is 9.80 Å². The van der Waals surface area contributed by atoms with E-state index in [1.807, 2.05) is 59.5 Å². The topological polar surface area (TPSA) is 40.6 Å². The van der Waals surface area contributed by atoms with E-state index in [-0.39, 0.29) is 11.8 Å². The first-order valence-electron chi connectivity index (χ1n) is 10.1. The van der Waals surface area contributed by atoms with Gasteiger partial charge in [-0.1, -0.05) is 66.2 Å². The highest BCUT2D eigenvalue weighted by atomic mass is 32.2. The molecule has 2 aliphatic heterocycles. The zero-order valence-electron chi connectivity index (χ0n) is 16.7. The molecule has 0 aromatic heterocycles. The monoisotopic (exact) mass is 414 g/mol. The maximum absolute atomic E-state index is 13.9. The van der Waals surface area contributed by atoms with Crippen molar-refractivity contribution in [2.45, 2.75) is 18.3 Å². The van der Waals surface area contributed by atoms with Crippen LogP contribution >= 0.6 is 11.8 Å². The minimum Gasteiger partial charge on any atom is -0.311 e. The largest absolute Gasteiger partial charge is 0.311 e. The van der Waals surface area contributed by atoms with Crippen molar-refractivity contribution in [3.8, 4) is 0 Å². The normalized spacial score (nSPS) is 20.1. The summed E-state index contributed by atoms with van der Waals surface area (Å²) in [6.07, 6.45) is 0. The van der Waals surface area contributed by atoms with Gasteiger partial charge in [0.1, 0.15) is 0 Å². The summed E-state index contributed by atoms with van der Waals surface area (Å²) in [7, 11) is 0. The first-order chi connectivity index (χ1) is 14.6. The molecule has 5 rings (SSSR count). The van der Waals surface area contributed by atoms with Crippen LogP contribution in [0.4, 0.5) is 5.69 Å². The number of benzene rings is 3. The van der Waals surface area contributed by atoms with Crippen molar-refractivity contribution < 1.29 is 9.59 Å². The summed E-state index contributed by atoms with van der Waals surface area (Å²) in [4.78, 5) is 29.9. The minimum atomic E-state index is -0.992. The zero-order chi connectivity index (χ0) is 20.7.